The first-order chi connectivity index (χ1) is 12.3. The molecule has 0 amide bonds. The van der Waals surface area contributed by atoms with Gasteiger partial charge in [-0.25, -0.2) is 9.79 Å². The zero-order chi connectivity index (χ0) is 19.2. The minimum absolute atomic E-state index is 0.366. The van der Waals surface area contributed by atoms with Crippen molar-refractivity contribution in [2.24, 2.45) is 4.99 Å². The number of rotatable bonds is 4. The number of hydrogen-bond acceptors (Lipinski definition) is 4. The van der Waals surface area contributed by atoms with Crippen molar-refractivity contribution < 1.29 is 14.3 Å². The van der Waals surface area contributed by atoms with Crippen LogP contribution in [0.4, 0.5) is 5.69 Å². The number of hydrogen-bond donors (Lipinski definition) is 0. The topological polar surface area (TPSA) is 47.9 Å². The van der Waals surface area contributed by atoms with Crippen LogP contribution < -0.4 is 4.74 Å². The normalized spacial score (nSPS) is 11.3. The molecule has 0 aliphatic rings. The Balaban J connectivity index is 2.43. The van der Waals surface area contributed by atoms with E-state index in [-0.39, 0.29) is 5.97 Å². The monoisotopic (exact) mass is 365 g/mol. The van der Waals surface area contributed by atoms with Gasteiger partial charge in [-0.05, 0) is 48.5 Å². The van der Waals surface area contributed by atoms with Gasteiger partial charge >= 0.3 is 5.97 Å². The lowest BCUT2D eigenvalue weighted by Crippen LogP contribution is -2.17. The smallest absolute Gasteiger partial charge is 0.337 e. The molecule has 4 nitrogen and oxygen atoms in total. The molecule has 0 aliphatic heterocycles. The SMILES string of the molecule is COC(=O)c1ccc(N=C(C#C[Si](C)(C)C)c2ccc(OC)cc2)cc1. The first-order valence-electron chi connectivity index (χ1n) is 8.27. The van der Waals surface area contributed by atoms with Gasteiger partial charge in [-0.2, -0.15) is 0 Å². The molecule has 0 heterocycles. The van der Waals surface area contributed by atoms with Crippen molar-refractivity contribution in [3.8, 4) is 17.2 Å². The molecule has 0 saturated carbocycles. The molecule has 26 heavy (non-hydrogen) atoms. The fourth-order valence-corrected chi connectivity index (χ4v) is 2.57. The van der Waals surface area contributed by atoms with Gasteiger partial charge in [0, 0.05) is 5.56 Å². The lowest BCUT2D eigenvalue weighted by atomic mass is 10.1. The molecular formula is C21H23NO3Si. The molecule has 0 spiro atoms. The summed E-state index contributed by atoms with van der Waals surface area (Å²) in [7, 11) is 1.46. The van der Waals surface area contributed by atoms with Gasteiger partial charge in [0.25, 0.3) is 0 Å². The van der Waals surface area contributed by atoms with E-state index in [0.717, 1.165) is 17.0 Å². The van der Waals surface area contributed by atoms with Crippen molar-refractivity contribution in [2.45, 2.75) is 19.6 Å². The van der Waals surface area contributed by atoms with E-state index in [1.165, 1.54) is 7.11 Å². The lowest BCUT2D eigenvalue weighted by molar-refractivity contribution is 0.0601. The van der Waals surface area contributed by atoms with Crippen molar-refractivity contribution in [3.05, 3.63) is 59.7 Å². The molecule has 2 aromatic carbocycles. The molecule has 5 heteroatoms. The van der Waals surface area contributed by atoms with Crippen molar-refractivity contribution in [1.29, 1.82) is 0 Å². The summed E-state index contributed by atoms with van der Waals surface area (Å²) in [6, 6.07) is 14.6. The lowest BCUT2D eigenvalue weighted by Gasteiger charge is -2.06. The van der Waals surface area contributed by atoms with E-state index in [1.807, 2.05) is 24.3 Å². The number of esters is 1. The Morgan fingerprint density at radius 1 is 0.923 bits per heavy atom. The largest absolute Gasteiger partial charge is 0.497 e. The van der Waals surface area contributed by atoms with Crippen LogP contribution in [-0.2, 0) is 4.74 Å². The first-order valence-corrected chi connectivity index (χ1v) is 11.8. The van der Waals surface area contributed by atoms with Gasteiger partial charge in [0.05, 0.1) is 25.5 Å². The van der Waals surface area contributed by atoms with E-state index in [1.54, 1.807) is 31.4 Å². The van der Waals surface area contributed by atoms with Gasteiger partial charge < -0.3 is 9.47 Å². The molecule has 2 aromatic rings. The maximum atomic E-state index is 11.6. The molecule has 0 radical (unpaired) electrons. The number of carbonyl (C=O) groups is 1. The third-order valence-electron chi connectivity index (χ3n) is 3.45. The van der Waals surface area contributed by atoms with Crippen LogP contribution in [0, 0.1) is 11.5 Å². The van der Waals surface area contributed by atoms with Gasteiger partial charge in [0.1, 0.15) is 19.5 Å². The minimum Gasteiger partial charge on any atom is -0.497 e. The summed E-state index contributed by atoms with van der Waals surface area (Å²) in [5, 5.41) is 0. The second-order valence-electron chi connectivity index (χ2n) is 6.73. The molecule has 2 rings (SSSR count). The van der Waals surface area contributed by atoms with Crippen LogP contribution in [-0.4, -0.2) is 34.0 Å². The van der Waals surface area contributed by atoms with Crippen LogP contribution in [0.25, 0.3) is 0 Å². The summed E-state index contributed by atoms with van der Waals surface area (Å²) in [6.45, 7) is 6.57. The second kappa shape index (κ2) is 8.50. The van der Waals surface area contributed by atoms with Gasteiger partial charge in [0.15, 0.2) is 0 Å². The minimum atomic E-state index is -1.54. The molecule has 0 fully saturated rings. The Morgan fingerprint density at radius 3 is 2.00 bits per heavy atom. The molecule has 0 unspecified atom stereocenters. The molecule has 0 aliphatic carbocycles. The van der Waals surface area contributed by atoms with Crippen LogP contribution in [0.5, 0.6) is 5.75 Å². The highest BCUT2D eigenvalue weighted by Gasteiger charge is 2.10. The highest BCUT2D eigenvalue weighted by Crippen LogP contribution is 2.18. The predicted octanol–water partition coefficient (Wildman–Crippen LogP) is 4.48. The number of methoxy groups -OCH3 is 2. The molecule has 0 saturated heterocycles. The van der Waals surface area contributed by atoms with E-state index in [4.69, 9.17) is 9.47 Å². The predicted molar refractivity (Wildman–Crippen MR) is 108 cm³/mol. The average molecular weight is 366 g/mol. The van der Waals surface area contributed by atoms with E-state index < -0.39 is 8.07 Å². The zero-order valence-electron chi connectivity index (χ0n) is 15.8. The van der Waals surface area contributed by atoms with Crippen molar-refractivity contribution in [2.75, 3.05) is 14.2 Å². The maximum Gasteiger partial charge on any atom is 0.337 e. The van der Waals surface area contributed by atoms with Gasteiger partial charge in [-0.3, -0.25) is 0 Å². The van der Waals surface area contributed by atoms with Crippen molar-refractivity contribution in [3.63, 3.8) is 0 Å². The Labute approximate surface area is 155 Å². The van der Waals surface area contributed by atoms with Gasteiger partial charge in [-0.1, -0.05) is 25.6 Å². The summed E-state index contributed by atoms with van der Waals surface area (Å²) in [5.74, 6) is 3.66. The van der Waals surface area contributed by atoms with E-state index in [2.05, 4.69) is 36.1 Å². The highest BCUT2D eigenvalue weighted by molar-refractivity contribution is 6.84. The van der Waals surface area contributed by atoms with Gasteiger partial charge in [0.2, 0.25) is 0 Å². The molecule has 0 aromatic heterocycles. The average Bonchev–Trinajstić information content (AvgIpc) is 2.64. The van der Waals surface area contributed by atoms with Gasteiger partial charge in [-0.15, -0.1) is 5.54 Å². The number of carbonyl (C=O) groups excluding carboxylic acids is 1. The maximum absolute atomic E-state index is 11.6. The molecule has 0 N–H and O–H groups in total. The van der Waals surface area contributed by atoms with Crippen LogP contribution in [0.1, 0.15) is 15.9 Å². The van der Waals surface area contributed by atoms with Crippen molar-refractivity contribution >= 4 is 25.4 Å². The van der Waals surface area contributed by atoms with E-state index in [9.17, 15) is 4.79 Å². The molecule has 134 valence electrons. The van der Waals surface area contributed by atoms with Crippen LogP contribution >= 0.6 is 0 Å². The summed E-state index contributed by atoms with van der Waals surface area (Å²) < 4.78 is 9.93. The summed E-state index contributed by atoms with van der Waals surface area (Å²) in [6.07, 6.45) is 0. The van der Waals surface area contributed by atoms with Crippen LogP contribution in [0.3, 0.4) is 0 Å². The summed E-state index contributed by atoms with van der Waals surface area (Å²) in [4.78, 5) is 16.2. The molecule has 0 bridgehead atoms. The second-order valence-corrected chi connectivity index (χ2v) is 11.5. The Bertz CT molecular complexity index is 851. The fraction of sp³-hybridized carbons (Fsp3) is 0.238. The quantitative estimate of drug-likeness (QED) is 0.347. The fourth-order valence-electron chi connectivity index (χ4n) is 2.08. The van der Waals surface area contributed by atoms with Crippen LogP contribution in [0.15, 0.2) is 53.5 Å². The molecular weight excluding hydrogens is 342 g/mol. The third kappa shape index (κ3) is 5.61. The van der Waals surface area contributed by atoms with Crippen LogP contribution in [0.2, 0.25) is 19.6 Å². The summed E-state index contributed by atoms with van der Waals surface area (Å²) >= 11 is 0. The third-order valence-corrected chi connectivity index (χ3v) is 4.32. The standard InChI is InChI=1S/C21H23NO3Si/c1-24-19-12-8-16(9-13-19)20(14-15-26(3,4)5)22-18-10-6-17(7-11-18)21(23)25-2/h6-13H,1-5H3. The number of benzene rings is 2. The number of ether oxygens (including phenoxy) is 2. The Morgan fingerprint density at radius 2 is 1.50 bits per heavy atom. The van der Waals surface area contributed by atoms with Crippen molar-refractivity contribution in [1.82, 2.24) is 0 Å². The highest BCUT2D eigenvalue weighted by atomic mass is 28.3. The summed E-state index contributed by atoms with van der Waals surface area (Å²) in [5.41, 5.74) is 6.20. The number of aliphatic imine (C=N–C) groups is 1. The molecule has 0 atom stereocenters. The Hall–Kier alpha value is -2.84. The van der Waals surface area contributed by atoms with E-state index in [0.29, 0.717) is 11.3 Å². The number of nitrogens with zero attached hydrogens (tertiary/aromatic N) is 1. The first kappa shape index (κ1) is 19.5. The Kier molecular flexibility index (Phi) is 6.37. The van der Waals surface area contributed by atoms with E-state index >= 15 is 0 Å². The zero-order valence-corrected chi connectivity index (χ0v) is 16.8.